The molecule has 5 heteroatoms. The molecule has 4 nitrogen and oxygen atoms in total. The largest absolute Gasteiger partial charge is 0.399 e. The number of aryl methyl sites for hydroxylation is 1. The van der Waals surface area contributed by atoms with Crippen LogP contribution in [0, 0.1) is 6.92 Å². The zero-order valence-corrected chi connectivity index (χ0v) is 16.2. The van der Waals surface area contributed by atoms with Gasteiger partial charge in [0.15, 0.2) is 0 Å². The second-order valence-corrected chi connectivity index (χ2v) is 7.59. The lowest BCUT2D eigenvalue weighted by Gasteiger charge is -2.03. The molecule has 0 aliphatic carbocycles. The number of anilines is 2. The minimum Gasteiger partial charge on any atom is -0.399 e. The van der Waals surface area contributed by atoms with Gasteiger partial charge in [-0.15, -0.1) is 11.3 Å². The third kappa shape index (κ3) is 4.10. The summed E-state index contributed by atoms with van der Waals surface area (Å²) in [6, 6.07) is 21.4. The average Bonchev–Trinajstić information content (AvgIpc) is 3.11. The predicted octanol–water partition coefficient (Wildman–Crippen LogP) is 5.51. The standard InChI is InChI=1S/C23H19N3OS/c1-15-2-12-20-21(14-15)28-23(26-20)17-6-10-19(11-7-17)25-22(27)13-5-16-3-8-18(24)9-4-16/h2-14H,24H2,1H3,(H,25,27)/b13-5+. The molecular weight excluding hydrogens is 366 g/mol. The van der Waals surface area contributed by atoms with E-state index in [0.717, 1.165) is 27.3 Å². The Morgan fingerprint density at radius 1 is 1.04 bits per heavy atom. The Bertz CT molecular complexity index is 1160. The van der Waals surface area contributed by atoms with Crippen LogP contribution in [0.2, 0.25) is 0 Å². The highest BCUT2D eigenvalue weighted by atomic mass is 32.1. The molecule has 0 atom stereocenters. The van der Waals surface area contributed by atoms with E-state index < -0.39 is 0 Å². The lowest BCUT2D eigenvalue weighted by atomic mass is 10.2. The first-order chi connectivity index (χ1) is 13.6. The fourth-order valence-electron chi connectivity index (χ4n) is 2.81. The maximum atomic E-state index is 12.1. The molecule has 1 heterocycles. The van der Waals surface area contributed by atoms with Gasteiger partial charge in [-0.1, -0.05) is 18.2 Å². The molecule has 3 aromatic carbocycles. The van der Waals surface area contributed by atoms with Gasteiger partial charge in [-0.2, -0.15) is 0 Å². The lowest BCUT2D eigenvalue weighted by molar-refractivity contribution is -0.111. The average molecular weight is 385 g/mol. The summed E-state index contributed by atoms with van der Waals surface area (Å²) in [6.07, 6.45) is 3.27. The number of carbonyl (C=O) groups excluding carboxylic acids is 1. The summed E-state index contributed by atoms with van der Waals surface area (Å²) in [5.74, 6) is -0.181. The van der Waals surface area contributed by atoms with E-state index in [1.54, 1.807) is 29.5 Å². The molecule has 1 aromatic heterocycles. The van der Waals surface area contributed by atoms with Crippen molar-refractivity contribution in [2.24, 2.45) is 0 Å². The van der Waals surface area contributed by atoms with Crippen molar-refractivity contribution in [2.75, 3.05) is 11.1 Å². The summed E-state index contributed by atoms with van der Waals surface area (Å²) >= 11 is 1.67. The first kappa shape index (κ1) is 17.9. The molecule has 0 saturated heterocycles. The van der Waals surface area contributed by atoms with Crippen LogP contribution >= 0.6 is 11.3 Å². The summed E-state index contributed by atoms with van der Waals surface area (Å²) < 4.78 is 1.18. The minimum absolute atomic E-state index is 0.181. The number of nitrogens with two attached hydrogens (primary N) is 1. The van der Waals surface area contributed by atoms with Gasteiger partial charge >= 0.3 is 0 Å². The summed E-state index contributed by atoms with van der Waals surface area (Å²) in [7, 11) is 0. The van der Waals surface area contributed by atoms with Gasteiger partial charge in [0.05, 0.1) is 10.2 Å². The Morgan fingerprint density at radius 3 is 2.54 bits per heavy atom. The number of aromatic nitrogens is 1. The number of fused-ring (bicyclic) bond motifs is 1. The third-order valence-electron chi connectivity index (χ3n) is 4.31. The highest BCUT2D eigenvalue weighted by molar-refractivity contribution is 7.21. The topological polar surface area (TPSA) is 68.0 Å². The quantitative estimate of drug-likeness (QED) is 0.360. The number of benzene rings is 3. The van der Waals surface area contributed by atoms with Crippen molar-refractivity contribution in [3.63, 3.8) is 0 Å². The summed E-state index contributed by atoms with van der Waals surface area (Å²) in [5, 5.41) is 3.84. The van der Waals surface area contributed by atoms with E-state index in [0.29, 0.717) is 5.69 Å². The van der Waals surface area contributed by atoms with Crippen molar-refractivity contribution >= 4 is 44.9 Å². The van der Waals surface area contributed by atoms with Crippen molar-refractivity contribution in [1.82, 2.24) is 4.98 Å². The van der Waals surface area contributed by atoms with Crippen molar-refractivity contribution in [3.05, 3.63) is 83.9 Å². The van der Waals surface area contributed by atoms with Gasteiger partial charge in [-0.3, -0.25) is 4.79 Å². The summed E-state index contributed by atoms with van der Waals surface area (Å²) in [4.78, 5) is 16.8. The zero-order valence-electron chi connectivity index (χ0n) is 15.3. The molecule has 0 bridgehead atoms. The lowest BCUT2D eigenvalue weighted by Crippen LogP contribution is -2.07. The molecule has 1 amide bonds. The molecule has 0 aliphatic rings. The number of hydrogen-bond donors (Lipinski definition) is 2. The normalized spacial score (nSPS) is 11.2. The van der Waals surface area contributed by atoms with Crippen molar-refractivity contribution in [3.8, 4) is 10.6 Å². The van der Waals surface area contributed by atoms with Crippen molar-refractivity contribution < 1.29 is 4.79 Å². The van der Waals surface area contributed by atoms with Crippen LogP contribution in [0.1, 0.15) is 11.1 Å². The van der Waals surface area contributed by atoms with E-state index in [-0.39, 0.29) is 5.91 Å². The van der Waals surface area contributed by atoms with Gasteiger partial charge in [-0.25, -0.2) is 4.98 Å². The molecule has 4 aromatic rings. The van der Waals surface area contributed by atoms with Gasteiger partial charge in [0.1, 0.15) is 5.01 Å². The summed E-state index contributed by atoms with van der Waals surface area (Å²) in [6.45, 7) is 2.08. The predicted molar refractivity (Wildman–Crippen MR) is 118 cm³/mol. The van der Waals surface area contributed by atoms with Crippen LogP contribution in [0.5, 0.6) is 0 Å². The van der Waals surface area contributed by atoms with Gasteiger partial charge in [0, 0.05) is 23.0 Å². The van der Waals surface area contributed by atoms with E-state index in [1.807, 2.05) is 42.5 Å². The number of rotatable bonds is 4. The molecule has 28 heavy (non-hydrogen) atoms. The molecule has 0 aliphatic heterocycles. The first-order valence-corrected chi connectivity index (χ1v) is 9.71. The highest BCUT2D eigenvalue weighted by Crippen LogP contribution is 2.31. The van der Waals surface area contributed by atoms with Crippen molar-refractivity contribution in [1.29, 1.82) is 0 Å². The number of carbonyl (C=O) groups is 1. The molecular formula is C23H19N3OS. The molecule has 0 radical (unpaired) electrons. The van der Waals surface area contributed by atoms with Gasteiger partial charge in [0.25, 0.3) is 0 Å². The van der Waals surface area contributed by atoms with Crippen LogP contribution in [-0.2, 0) is 4.79 Å². The van der Waals surface area contributed by atoms with Crippen LogP contribution in [0.15, 0.2) is 72.8 Å². The fraction of sp³-hybridized carbons (Fsp3) is 0.0435. The van der Waals surface area contributed by atoms with Crippen molar-refractivity contribution in [2.45, 2.75) is 6.92 Å². The third-order valence-corrected chi connectivity index (χ3v) is 5.37. The molecule has 3 N–H and O–H groups in total. The van der Waals surface area contributed by atoms with Gasteiger partial charge in [-0.05, 0) is 72.7 Å². The molecule has 0 fully saturated rings. The second kappa shape index (κ2) is 7.66. The fourth-order valence-corrected chi connectivity index (χ4v) is 3.88. The Labute approximate surface area is 167 Å². The molecule has 0 unspecified atom stereocenters. The molecule has 138 valence electrons. The Kier molecular flexibility index (Phi) is 4.91. The smallest absolute Gasteiger partial charge is 0.248 e. The van der Waals surface area contributed by atoms with Crippen LogP contribution in [-0.4, -0.2) is 10.9 Å². The molecule has 0 spiro atoms. The SMILES string of the molecule is Cc1ccc2nc(-c3ccc(NC(=O)/C=C/c4ccc(N)cc4)cc3)sc2c1. The van der Waals surface area contributed by atoms with E-state index in [9.17, 15) is 4.79 Å². The Hall–Kier alpha value is -3.44. The maximum absolute atomic E-state index is 12.1. The number of nitrogens with zero attached hydrogens (tertiary/aromatic N) is 1. The first-order valence-electron chi connectivity index (χ1n) is 8.89. The molecule has 4 rings (SSSR count). The Balaban J connectivity index is 1.45. The number of nitrogen functional groups attached to an aromatic ring is 1. The van der Waals surface area contributed by atoms with E-state index >= 15 is 0 Å². The highest BCUT2D eigenvalue weighted by Gasteiger charge is 2.07. The van der Waals surface area contributed by atoms with Crippen LogP contribution in [0.3, 0.4) is 0 Å². The number of amides is 1. The van der Waals surface area contributed by atoms with Gasteiger partial charge in [0.2, 0.25) is 5.91 Å². The van der Waals surface area contributed by atoms with E-state index in [1.165, 1.54) is 16.3 Å². The number of hydrogen-bond acceptors (Lipinski definition) is 4. The van der Waals surface area contributed by atoms with Crippen LogP contribution in [0.4, 0.5) is 11.4 Å². The zero-order chi connectivity index (χ0) is 19.5. The van der Waals surface area contributed by atoms with E-state index in [4.69, 9.17) is 10.7 Å². The van der Waals surface area contributed by atoms with Gasteiger partial charge < -0.3 is 11.1 Å². The minimum atomic E-state index is -0.181. The number of nitrogens with one attached hydrogen (secondary N) is 1. The maximum Gasteiger partial charge on any atom is 0.248 e. The summed E-state index contributed by atoms with van der Waals surface area (Å²) in [5.41, 5.74) is 11.3. The van der Waals surface area contributed by atoms with E-state index in [2.05, 4.69) is 24.4 Å². The monoisotopic (exact) mass is 385 g/mol. The number of thiazole rings is 1. The second-order valence-electron chi connectivity index (χ2n) is 6.56. The van der Waals surface area contributed by atoms with Crippen LogP contribution < -0.4 is 11.1 Å². The molecule has 0 saturated carbocycles. The Morgan fingerprint density at radius 2 is 1.79 bits per heavy atom. The van der Waals surface area contributed by atoms with Crippen LogP contribution in [0.25, 0.3) is 26.9 Å².